The van der Waals surface area contributed by atoms with E-state index in [0.29, 0.717) is 0 Å². The standard InChI is InChI=1S/C6H5.CH2O.Hg.Pb.2H/c1-2-4-6-5-3-1;1-2;;;;/h1-5H;1H2;;;;. The van der Waals surface area contributed by atoms with Gasteiger partial charge in [0, 0.05) is 0 Å². The SMILES string of the molecule is C=O.[Hg][c]1ccccc1.[PbH2]. The Morgan fingerprint density at radius 3 is 1.70 bits per heavy atom. The third-order valence-corrected chi connectivity index (χ3v) is 2.68. The zero-order chi connectivity index (χ0) is 7.11. The molecule has 3 heteroatoms. The molecule has 0 heterocycles. The maximum absolute atomic E-state index is 8.00. The number of carbonyl (C=O) groups excluding carboxylic acids is 1. The quantitative estimate of drug-likeness (QED) is 0.435. The van der Waals surface area contributed by atoms with Gasteiger partial charge in [0.05, 0.1) is 0 Å². The van der Waals surface area contributed by atoms with E-state index in [1.807, 2.05) is 6.79 Å². The van der Waals surface area contributed by atoms with E-state index in [2.05, 4.69) is 30.3 Å². The Morgan fingerprint density at radius 1 is 1.10 bits per heavy atom. The van der Waals surface area contributed by atoms with Crippen molar-refractivity contribution in [3.63, 3.8) is 0 Å². The molecule has 1 rings (SSSR count). The molecule has 0 aliphatic heterocycles. The van der Waals surface area contributed by atoms with Crippen LogP contribution in [0.2, 0.25) is 0 Å². The van der Waals surface area contributed by atoms with Crippen LogP contribution < -0.4 is 3.07 Å². The molecule has 1 aromatic rings. The monoisotopic (exact) mass is 519 g/mol. The van der Waals surface area contributed by atoms with Crippen LogP contribution in [-0.2, 0) is 30.9 Å². The van der Waals surface area contributed by atoms with Crippen LogP contribution in [-0.4, -0.2) is 34.1 Å². The van der Waals surface area contributed by atoms with Crippen molar-refractivity contribution in [3.8, 4) is 0 Å². The molecule has 0 fully saturated rings. The van der Waals surface area contributed by atoms with Gasteiger partial charge in [-0.25, -0.2) is 0 Å². The van der Waals surface area contributed by atoms with E-state index in [1.165, 1.54) is 3.07 Å². The van der Waals surface area contributed by atoms with Crippen LogP contribution in [0.25, 0.3) is 0 Å². The minimum atomic E-state index is 0. The molecule has 0 saturated carbocycles. The van der Waals surface area contributed by atoms with E-state index >= 15 is 0 Å². The number of hydrogen-bond acceptors (Lipinski definition) is 1. The first-order valence-corrected chi connectivity index (χ1v) is 5.30. The summed E-state index contributed by atoms with van der Waals surface area (Å²) in [6, 6.07) is 10.6. The van der Waals surface area contributed by atoms with Crippen LogP contribution in [0.3, 0.4) is 0 Å². The van der Waals surface area contributed by atoms with Gasteiger partial charge in [0.2, 0.25) is 0 Å². The van der Waals surface area contributed by atoms with Crippen LogP contribution >= 0.6 is 0 Å². The van der Waals surface area contributed by atoms with Gasteiger partial charge in [-0.3, -0.25) is 0 Å². The third kappa shape index (κ3) is 6.86. The molecule has 0 N–H and O–H groups in total. The number of rotatable bonds is 0. The second kappa shape index (κ2) is 9.75. The summed E-state index contributed by atoms with van der Waals surface area (Å²) in [7, 11) is 0. The molecule has 0 aromatic heterocycles. The molecular weight excluding hydrogens is 508 g/mol. The number of carbonyl (C=O) groups is 1. The number of hydrogen-bond donors (Lipinski definition) is 0. The average Bonchev–Trinajstić information content (AvgIpc) is 1.94. The maximum atomic E-state index is 8.00. The first-order valence-electron chi connectivity index (χ1n) is 2.55. The van der Waals surface area contributed by atoms with Crippen molar-refractivity contribution in [2.45, 2.75) is 0 Å². The summed E-state index contributed by atoms with van der Waals surface area (Å²) in [6.07, 6.45) is 0. The van der Waals surface area contributed by atoms with Crippen molar-refractivity contribution in [1.82, 2.24) is 0 Å². The Labute approximate surface area is 97.3 Å². The van der Waals surface area contributed by atoms with Crippen LogP contribution in [0.4, 0.5) is 0 Å². The van der Waals surface area contributed by atoms with Crippen LogP contribution in [0.1, 0.15) is 0 Å². The Hall–Kier alpha value is 0.747. The van der Waals surface area contributed by atoms with Crippen molar-refractivity contribution < 1.29 is 30.9 Å². The summed E-state index contributed by atoms with van der Waals surface area (Å²) in [5, 5.41) is 0. The van der Waals surface area contributed by atoms with Crippen molar-refractivity contribution in [2.75, 3.05) is 0 Å². The van der Waals surface area contributed by atoms with Gasteiger partial charge in [-0.05, 0) is 0 Å². The summed E-state index contributed by atoms with van der Waals surface area (Å²) in [5.74, 6) is 0. The summed E-state index contributed by atoms with van der Waals surface area (Å²) in [4.78, 5) is 8.00. The predicted octanol–water partition coefficient (Wildman–Crippen LogP) is -0.242. The van der Waals surface area contributed by atoms with E-state index in [4.69, 9.17) is 4.79 Å². The summed E-state index contributed by atoms with van der Waals surface area (Å²) < 4.78 is 1.52. The molecule has 0 spiro atoms. The van der Waals surface area contributed by atoms with E-state index < -0.39 is 0 Å². The van der Waals surface area contributed by atoms with Gasteiger partial charge < -0.3 is 4.79 Å². The topological polar surface area (TPSA) is 17.1 Å². The van der Waals surface area contributed by atoms with Gasteiger partial charge in [-0.15, -0.1) is 0 Å². The zero-order valence-corrected chi connectivity index (χ0v) is 16.9. The number of benzene rings is 1. The second-order valence-corrected chi connectivity index (χ2v) is 4.66. The van der Waals surface area contributed by atoms with Crippen molar-refractivity contribution in [2.24, 2.45) is 0 Å². The Kier molecular flexibility index (Phi) is 13.0. The van der Waals surface area contributed by atoms with Crippen LogP contribution in [0.5, 0.6) is 0 Å². The molecule has 2 radical (unpaired) electrons. The minimum absolute atomic E-state index is 0. The molecule has 10 heavy (non-hydrogen) atoms. The molecule has 0 atom stereocenters. The molecule has 1 aromatic carbocycles. The van der Waals surface area contributed by atoms with Gasteiger partial charge in [0.1, 0.15) is 6.79 Å². The van der Waals surface area contributed by atoms with E-state index in [-0.39, 0.29) is 27.3 Å². The van der Waals surface area contributed by atoms with Crippen LogP contribution in [0, 0.1) is 0 Å². The summed E-state index contributed by atoms with van der Waals surface area (Å²) in [5.41, 5.74) is 0. The molecule has 0 aliphatic rings. The normalized spacial score (nSPS) is 6.60. The first-order chi connectivity index (χ1) is 4.39. The van der Waals surface area contributed by atoms with E-state index in [0.717, 1.165) is 26.1 Å². The van der Waals surface area contributed by atoms with E-state index in [1.54, 1.807) is 0 Å². The predicted molar refractivity (Wildman–Crippen MR) is 41.7 cm³/mol. The summed E-state index contributed by atoms with van der Waals surface area (Å²) in [6.45, 7) is 2.00. The van der Waals surface area contributed by atoms with Gasteiger partial charge >= 0.3 is 86.8 Å². The average molecular weight is 517 g/mol. The Bertz CT molecular complexity index is 155. The molecule has 0 aliphatic carbocycles. The van der Waals surface area contributed by atoms with Gasteiger partial charge in [0.15, 0.2) is 0 Å². The van der Waals surface area contributed by atoms with Gasteiger partial charge in [-0.2, -0.15) is 0 Å². The molecule has 1 nitrogen and oxygen atoms in total. The fourth-order valence-electron chi connectivity index (χ4n) is 0.478. The fraction of sp³-hybridized carbons (Fsp3) is 0. The Balaban J connectivity index is 0. The van der Waals surface area contributed by atoms with Gasteiger partial charge in [0.25, 0.3) is 0 Å². The second-order valence-electron chi connectivity index (χ2n) is 1.49. The molecule has 0 bridgehead atoms. The Morgan fingerprint density at radius 2 is 1.50 bits per heavy atom. The molecule has 49 valence electrons. The van der Waals surface area contributed by atoms with Crippen molar-refractivity contribution >= 4 is 37.2 Å². The van der Waals surface area contributed by atoms with E-state index in [9.17, 15) is 0 Å². The molecule has 0 unspecified atom stereocenters. The zero-order valence-electron chi connectivity index (χ0n) is 5.92. The third-order valence-electron chi connectivity index (χ3n) is 0.843. The molecular formula is C7H9HgOPb. The fourth-order valence-corrected chi connectivity index (χ4v) is 1.54. The van der Waals surface area contributed by atoms with Crippen LogP contribution in [0.15, 0.2) is 30.3 Å². The van der Waals surface area contributed by atoms with Crippen molar-refractivity contribution in [3.05, 3.63) is 30.3 Å². The van der Waals surface area contributed by atoms with Crippen molar-refractivity contribution in [1.29, 1.82) is 0 Å². The molecule has 0 amide bonds. The van der Waals surface area contributed by atoms with Gasteiger partial charge in [-0.1, -0.05) is 0 Å². The molecule has 0 saturated heterocycles. The summed E-state index contributed by atoms with van der Waals surface area (Å²) >= 11 is 0.810. The first kappa shape index (κ1) is 13.3.